The molecule has 2 amide bonds. The first-order valence-electron chi connectivity index (χ1n) is 6.73. The number of amides is 2. The summed E-state index contributed by atoms with van der Waals surface area (Å²) in [6, 6.07) is 0.0925. The number of nitrogens with one attached hydrogen (secondary N) is 2. The lowest BCUT2D eigenvalue weighted by Gasteiger charge is -2.27. The van der Waals surface area contributed by atoms with E-state index in [1.165, 1.54) is 12.8 Å². The quantitative estimate of drug-likeness (QED) is 0.703. The minimum atomic E-state index is -0.828. The Morgan fingerprint density at radius 2 is 2.11 bits per heavy atom. The summed E-state index contributed by atoms with van der Waals surface area (Å²) in [7, 11) is 0. The van der Waals surface area contributed by atoms with Gasteiger partial charge in [0.05, 0.1) is 0 Å². The van der Waals surface area contributed by atoms with Gasteiger partial charge in [-0.2, -0.15) is 0 Å². The normalized spacial score (nSPS) is 25.2. The van der Waals surface area contributed by atoms with Crippen LogP contribution in [0.1, 0.15) is 46.0 Å². The molecule has 1 rings (SSSR count). The first kappa shape index (κ1) is 14.8. The van der Waals surface area contributed by atoms with Crippen molar-refractivity contribution in [3.63, 3.8) is 0 Å². The molecular formula is C13H24N2O3. The maximum Gasteiger partial charge on any atom is 0.315 e. The van der Waals surface area contributed by atoms with Crippen molar-refractivity contribution >= 4 is 12.0 Å². The van der Waals surface area contributed by atoms with Gasteiger partial charge in [0.25, 0.3) is 0 Å². The van der Waals surface area contributed by atoms with Crippen LogP contribution in [0.15, 0.2) is 0 Å². The molecule has 1 fully saturated rings. The Kier molecular flexibility index (Phi) is 5.95. The molecular weight excluding hydrogens is 232 g/mol. The van der Waals surface area contributed by atoms with Gasteiger partial charge in [0, 0.05) is 19.0 Å². The van der Waals surface area contributed by atoms with E-state index in [-0.39, 0.29) is 24.4 Å². The van der Waals surface area contributed by atoms with Crippen molar-refractivity contribution in [2.75, 3.05) is 6.54 Å². The third-order valence-corrected chi connectivity index (χ3v) is 3.41. The molecule has 5 heteroatoms. The number of urea groups is 1. The zero-order valence-corrected chi connectivity index (χ0v) is 11.2. The molecule has 0 radical (unpaired) electrons. The number of aliphatic carboxylic acids is 1. The highest BCUT2D eigenvalue weighted by atomic mass is 16.4. The number of carboxylic acid groups (broad SMARTS) is 1. The standard InChI is InChI=1S/C13H24N2O3/c1-9-4-3-5-11(6-9)15-13(18)14-8-10(2)7-12(16)17/h9-11H,3-8H2,1-2H3,(H,16,17)(H2,14,15,18). The third-order valence-electron chi connectivity index (χ3n) is 3.41. The Bertz CT molecular complexity index is 294. The van der Waals surface area contributed by atoms with Gasteiger partial charge in [0.2, 0.25) is 0 Å². The maximum absolute atomic E-state index is 11.6. The number of hydrogen-bond acceptors (Lipinski definition) is 2. The summed E-state index contributed by atoms with van der Waals surface area (Å²) in [6.07, 6.45) is 4.58. The highest BCUT2D eigenvalue weighted by Crippen LogP contribution is 2.23. The summed E-state index contributed by atoms with van der Waals surface area (Å²) in [5, 5.41) is 14.3. The lowest BCUT2D eigenvalue weighted by Crippen LogP contribution is -2.45. The predicted octanol–water partition coefficient (Wildman–Crippen LogP) is 1.98. The van der Waals surface area contributed by atoms with Gasteiger partial charge in [-0.15, -0.1) is 0 Å². The molecule has 0 aromatic carbocycles. The van der Waals surface area contributed by atoms with Gasteiger partial charge in [-0.3, -0.25) is 4.79 Å². The summed E-state index contributed by atoms with van der Waals surface area (Å²) in [5.41, 5.74) is 0. The van der Waals surface area contributed by atoms with E-state index >= 15 is 0 Å². The first-order valence-corrected chi connectivity index (χ1v) is 6.73. The lowest BCUT2D eigenvalue weighted by atomic mass is 9.87. The molecule has 18 heavy (non-hydrogen) atoms. The fourth-order valence-electron chi connectivity index (χ4n) is 2.44. The van der Waals surface area contributed by atoms with E-state index in [0.29, 0.717) is 12.5 Å². The molecule has 104 valence electrons. The van der Waals surface area contributed by atoms with Gasteiger partial charge >= 0.3 is 12.0 Å². The van der Waals surface area contributed by atoms with Crippen LogP contribution in [-0.2, 0) is 4.79 Å². The van der Waals surface area contributed by atoms with Crippen LogP contribution in [0.25, 0.3) is 0 Å². The van der Waals surface area contributed by atoms with Gasteiger partial charge in [-0.25, -0.2) is 4.79 Å². The second-order valence-electron chi connectivity index (χ2n) is 5.53. The van der Waals surface area contributed by atoms with E-state index in [4.69, 9.17) is 5.11 Å². The fourth-order valence-corrected chi connectivity index (χ4v) is 2.44. The number of rotatable bonds is 5. The van der Waals surface area contributed by atoms with Crippen molar-refractivity contribution < 1.29 is 14.7 Å². The molecule has 5 nitrogen and oxygen atoms in total. The topological polar surface area (TPSA) is 78.4 Å². The van der Waals surface area contributed by atoms with E-state index < -0.39 is 5.97 Å². The Hall–Kier alpha value is -1.26. The monoisotopic (exact) mass is 256 g/mol. The Balaban J connectivity index is 2.18. The highest BCUT2D eigenvalue weighted by molar-refractivity contribution is 5.74. The van der Waals surface area contributed by atoms with Crippen LogP contribution in [0, 0.1) is 11.8 Å². The number of hydrogen-bond donors (Lipinski definition) is 3. The molecule has 0 heterocycles. The van der Waals surface area contributed by atoms with Crippen LogP contribution in [0.5, 0.6) is 0 Å². The second-order valence-corrected chi connectivity index (χ2v) is 5.53. The largest absolute Gasteiger partial charge is 0.481 e. The first-order chi connectivity index (χ1) is 8.47. The molecule has 1 aliphatic rings. The third kappa shape index (κ3) is 5.89. The van der Waals surface area contributed by atoms with Gasteiger partial charge < -0.3 is 15.7 Å². The van der Waals surface area contributed by atoms with Crippen molar-refractivity contribution in [1.82, 2.24) is 10.6 Å². The molecule has 3 atom stereocenters. The molecule has 0 saturated heterocycles. The van der Waals surface area contributed by atoms with E-state index in [1.807, 2.05) is 6.92 Å². The van der Waals surface area contributed by atoms with E-state index in [0.717, 1.165) is 12.8 Å². The molecule has 0 aromatic heterocycles. The van der Waals surface area contributed by atoms with Crippen LogP contribution in [-0.4, -0.2) is 29.7 Å². The van der Waals surface area contributed by atoms with Crippen LogP contribution in [0.4, 0.5) is 4.79 Å². The maximum atomic E-state index is 11.6. The Morgan fingerprint density at radius 1 is 1.39 bits per heavy atom. The fraction of sp³-hybridized carbons (Fsp3) is 0.846. The molecule has 0 aliphatic heterocycles. The lowest BCUT2D eigenvalue weighted by molar-refractivity contribution is -0.137. The molecule has 3 unspecified atom stereocenters. The molecule has 0 aromatic rings. The number of carboxylic acids is 1. The highest BCUT2D eigenvalue weighted by Gasteiger charge is 2.20. The summed E-state index contributed by atoms with van der Waals surface area (Å²) in [5.74, 6) is -0.195. The molecule has 0 spiro atoms. The van der Waals surface area contributed by atoms with Crippen molar-refractivity contribution in [3.8, 4) is 0 Å². The van der Waals surface area contributed by atoms with Crippen molar-refractivity contribution in [1.29, 1.82) is 0 Å². The number of carbonyl (C=O) groups excluding carboxylic acids is 1. The smallest absolute Gasteiger partial charge is 0.315 e. The summed E-state index contributed by atoms with van der Waals surface area (Å²) in [4.78, 5) is 22.1. The summed E-state index contributed by atoms with van der Waals surface area (Å²) in [6.45, 7) is 4.43. The zero-order chi connectivity index (χ0) is 13.5. The predicted molar refractivity (Wildman–Crippen MR) is 69.4 cm³/mol. The number of carbonyl (C=O) groups is 2. The van der Waals surface area contributed by atoms with E-state index in [2.05, 4.69) is 17.6 Å². The SMILES string of the molecule is CC(CNC(=O)NC1CCCC(C)C1)CC(=O)O. The second kappa shape index (κ2) is 7.24. The van der Waals surface area contributed by atoms with Crippen molar-refractivity contribution in [3.05, 3.63) is 0 Å². The van der Waals surface area contributed by atoms with Crippen LogP contribution >= 0.6 is 0 Å². The van der Waals surface area contributed by atoms with Gasteiger partial charge in [-0.05, 0) is 24.7 Å². The van der Waals surface area contributed by atoms with Gasteiger partial charge in [-0.1, -0.05) is 26.7 Å². The van der Waals surface area contributed by atoms with Crippen LogP contribution < -0.4 is 10.6 Å². The van der Waals surface area contributed by atoms with Crippen molar-refractivity contribution in [2.45, 2.75) is 52.0 Å². The average Bonchev–Trinajstić information content (AvgIpc) is 2.25. The van der Waals surface area contributed by atoms with E-state index in [1.54, 1.807) is 0 Å². The average molecular weight is 256 g/mol. The molecule has 3 N–H and O–H groups in total. The molecule has 0 bridgehead atoms. The summed E-state index contributed by atoms with van der Waals surface area (Å²) >= 11 is 0. The van der Waals surface area contributed by atoms with Crippen LogP contribution in [0.3, 0.4) is 0 Å². The van der Waals surface area contributed by atoms with Gasteiger partial charge in [0.15, 0.2) is 0 Å². The molecule has 1 saturated carbocycles. The Morgan fingerprint density at radius 3 is 2.72 bits per heavy atom. The van der Waals surface area contributed by atoms with Gasteiger partial charge in [0.1, 0.15) is 0 Å². The zero-order valence-electron chi connectivity index (χ0n) is 11.2. The summed E-state index contributed by atoms with van der Waals surface area (Å²) < 4.78 is 0. The molecule has 1 aliphatic carbocycles. The Labute approximate surface area is 108 Å². The van der Waals surface area contributed by atoms with Crippen molar-refractivity contribution in [2.24, 2.45) is 11.8 Å². The minimum Gasteiger partial charge on any atom is -0.481 e. The minimum absolute atomic E-state index is 0.0430. The van der Waals surface area contributed by atoms with Crippen LogP contribution in [0.2, 0.25) is 0 Å². The van der Waals surface area contributed by atoms with E-state index in [9.17, 15) is 9.59 Å².